The van der Waals surface area contributed by atoms with Crippen LogP contribution in [0.25, 0.3) is 0 Å². The van der Waals surface area contributed by atoms with E-state index in [1.54, 1.807) is 18.3 Å². The average molecular weight is 441 g/mol. The number of pyridine rings is 1. The third-order valence-corrected chi connectivity index (χ3v) is 5.67. The summed E-state index contributed by atoms with van der Waals surface area (Å²) in [6.07, 6.45) is 2.20. The lowest BCUT2D eigenvalue weighted by atomic mass is 10.2. The topological polar surface area (TPSA) is 109 Å². The Kier molecular flexibility index (Phi) is 6.33. The van der Waals surface area contributed by atoms with Crippen LogP contribution in [0.5, 0.6) is 11.9 Å². The number of ether oxygens (including phenoxy) is 1. The summed E-state index contributed by atoms with van der Waals surface area (Å²) in [5.74, 6) is 0.974. The first kappa shape index (κ1) is 21.1. The number of likely N-dealkylation sites (N-methyl/N-ethyl adjacent to an activating group) is 1. The van der Waals surface area contributed by atoms with Crippen molar-refractivity contribution in [1.29, 1.82) is 0 Å². The van der Waals surface area contributed by atoms with Crippen LogP contribution in [0.3, 0.4) is 0 Å². The molecule has 1 fully saturated rings. The number of carbonyl (C=O) groups is 1. The quantitative estimate of drug-likeness (QED) is 0.618. The van der Waals surface area contributed by atoms with Crippen LogP contribution >= 0.6 is 11.3 Å². The Morgan fingerprint density at radius 1 is 1.19 bits per heavy atom. The number of nitrogens with one attached hydrogen (secondary N) is 1. The van der Waals surface area contributed by atoms with Gasteiger partial charge in [-0.15, -0.1) is 11.3 Å². The van der Waals surface area contributed by atoms with Gasteiger partial charge in [0.25, 0.3) is 5.91 Å². The van der Waals surface area contributed by atoms with Gasteiger partial charge >= 0.3 is 6.01 Å². The second-order valence-corrected chi connectivity index (χ2v) is 8.04. The van der Waals surface area contributed by atoms with Crippen LogP contribution in [-0.2, 0) is 6.42 Å². The summed E-state index contributed by atoms with van der Waals surface area (Å²) >= 11 is 1.36. The van der Waals surface area contributed by atoms with Crippen molar-refractivity contribution in [3.63, 3.8) is 0 Å². The largest absolute Gasteiger partial charge is 0.404 e. The molecule has 0 aromatic carbocycles. The predicted molar refractivity (Wildman–Crippen MR) is 118 cm³/mol. The van der Waals surface area contributed by atoms with Gasteiger partial charge in [-0.05, 0) is 26.1 Å². The maximum Gasteiger partial charge on any atom is 0.328 e. The molecule has 1 saturated heterocycles. The summed E-state index contributed by atoms with van der Waals surface area (Å²) in [7, 11) is 2.09. The maximum absolute atomic E-state index is 12.8. The van der Waals surface area contributed by atoms with E-state index in [9.17, 15) is 4.79 Å². The smallest absolute Gasteiger partial charge is 0.328 e. The number of aromatic nitrogens is 5. The summed E-state index contributed by atoms with van der Waals surface area (Å²) in [4.78, 5) is 39.1. The molecular weight excluding hydrogens is 416 g/mol. The van der Waals surface area contributed by atoms with Gasteiger partial charge in [-0.3, -0.25) is 10.1 Å². The summed E-state index contributed by atoms with van der Waals surface area (Å²) in [6.45, 7) is 7.37. The van der Waals surface area contributed by atoms with Gasteiger partial charge < -0.3 is 14.5 Å². The number of piperazine rings is 1. The molecule has 162 valence electrons. The molecule has 4 rings (SSSR count). The molecule has 0 saturated carbocycles. The molecule has 1 amide bonds. The molecule has 0 aliphatic carbocycles. The first-order chi connectivity index (χ1) is 15.0. The molecule has 3 aromatic heterocycles. The van der Waals surface area contributed by atoms with Crippen LogP contribution in [0.1, 0.15) is 28.8 Å². The molecule has 1 N–H and O–H groups in total. The summed E-state index contributed by atoms with van der Waals surface area (Å²) in [6, 6.07) is 3.44. The van der Waals surface area contributed by atoms with E-state index in [1.165, 1.54) is 11.3 Å². The van der Waals surface area contributed by atoms with Gasteiger partial charge in [0, 0.05) is 44.2 Å². The molecule has 10 nitrogen and oxygen atoms in total. The highest BCUT2D eigenvalue weighted by Gasteiger charge is 2.21. The van der Waals surface area contributed by atoms with E-state index < -0.39 is 0 Å². The highest BCUT2D eigenvalue weighted by Crippen LogP contribution is 2.24. The van der Waals surface area contributed by atoms with Crippen LogP contribution in [-0.4, -0.2) is 69.0 Å². The van der Waals surface area contributed by atoms with E-state index in [-0.39, 0.29) is 23.4 Å². The SMILES string of the molecule is CCc1nc(Oc2ncccc2C(=O)Nc2nc(C)cs2)nc(N2CCN(C)CC2)n1. The Morgan fingerprint density at radius 3 is 2.71 bits per heavy atom. The number of aryl methyl sites for hydroxylation is 2. The highest BCUT2D eigenvalue weighted by atomic mass is 32.1. The number of thiazole rings is 1. The van der Waals surface area contributed by atoms with E-state index in [1.807, 2.05) is 19.2 Å². The summed E-state index contributed by atoms with van der Waals surface area (Å²) in [5, 5.41) is 5.16. The fraction of sp³-hybridized carbons (Fsp3) is 0.400. The summed E-state index contributed by atoms with van der Waals surface area (Å²) < 4.78 is 5.88. The van der Waals surface area contributed by atoms with E-state index in [2.05, 4.69) is 47.1 Å². The van der Waals surface area contributed by atoms with Crippen LogP contribution in [0.2, 0.25) is 0 Å². The van der Waals surface area contributed by atoms with Gasteiger partial charge in [0.1, 0.15) is 11.4 Å². The maximum atomic E-state index is 12.8. The van der Waals surface area contributed by atoms with Crippen molar-refractivity contribution in [1.82, 2.24) is 29.8 Å². The van der Waals surface area contributed by atoms with E-state index in [0.717, 1.165) is 31.9 Å². The van der Waals surface area contributed by atoms with E-state index in [4.69, 9.17) is 4.74 Å². The molecule has 0 unspecified atom stereocenters. The van der Waals surface area contributed by atoms with Crippen LogP contribution in [0, 0.1) is 6.92 Å². The predicted octanol–water partition coefficient (Wildman–Crippen LogP) is 2.39. The van der Waals surface area contributed by atoms with E-state index in [0.29, 0.717) is 23.3 Å². The number of rotatable bonds is 6. The summed E-state index contributed by atoms with van der Waals surface area (Å²) in [5.41, 5.74) is 1.12. The van der Waals surface area contributed by atoms with Gasteiger partial charge in [-0.25, -0.2) is 9.97 Å². The van der Waals surface area contributed by atoms with Gasteiger partial charge in [-0.2, -0.15) is 15.0 Å². The Morgan fingerprint density at radius 2 is 2.00 bits per heavy atom. The number of amides is 1. The van der Waals surface area contributed by atoms with Gasteiger partial charge in [-0.1, -0.05) is 6.92 Å². The lowest BCUT2D eigenvalue weighted by Gasteiger charge is -2.32. The number of hydrogen-bond donors (Lipinski definition) is 1. The standard InChI is InChI=1S/C20H24N8O2S/c1-4-15-23-18(28-10-8-27(3)9-11-28)26-19(24-15)30-17-14(6-5-7-21-17)16(29)25-20-22-13(2)12-31-20/h5-7,12H,4,8-11H2,1-3H3,(H,22,25,29). The lowest BCUT2D eigenvalue weighted by molar-refractivity contribution is 0.102. The normalized spacial score (nSPS) is 14.5. The Hall–Kier alpha value is -3.18. The lowest BCUT2D eigenvalue weighted by Crippen LogP contribution is -2.45. The molecule has 0 spiro atoms. The van der Waals surface area contributed by atoms with Crippen LogP contribution in [0.15, 0.2) is 23.7 Å². The molecule has 3 aromatic rings. The van der Waals surface area contributed by atoms with Crippen molar-refractivity contribution >= 4 is 28.3 Å². The van der Waals surface area contributed by atoms with Crippen molar-refractivity contribution in [2.24, 2.45) is 0 Å². The molecule has 4 heterocycles. The molecule has 1 aliphatic rings. The number of carbonyl (C=O) groups excluding carboxylic acids is 1. The average Bonchev–Trinajstić information content (AvgIpc) is 3.18. The Bertz CT molecular complexity index is 1060. The molecule has 0 bridgehead atoms. The third kappa shape index (κ3) is 5.12. The minimum absolute atomic E-state index is 0.124. The molecule has 1 aliphatic heterocycles. The molecule has 31 heavy (non-hydrogen) atoms. The zero-order chi connectivity index (χ0) is 21.8. The minimum atomic E-state index is -0.360. The second kappa shape index (κ2) is 9.31. The number of hydrogen-bond acceptors (Lipinski definition) is 10. The van der Waals surface area contributed by atoms with Crippen molar-refractivity contribution in [3.05, 3.63) is 40.8 Å². The molecule has 0 atom stereocenters. The fourth-order valence-electron chi connectivity index (χ4n) is 3.05. The fourth-order valence-corrected chi connectivity index (χ4v) is 3.73. The number of nitrogens with zero attached hydrogens (tertiary/aromatic N) is 7. The van der Waals surface area contributed by atoms with Crippen molar-refractivity contribution < 1.29 is 9.53 Å². The van der Waals surface area contributed by atoms with Crippen molar-refractivity contribution in [3.8, 4) is 11.9 Å². The second-order valence-electron chi connectivity index (χ2n) is 7.18. The Balaban J connectivity index is 1.57. The van der Waals surface area contributed by atoms with Crippen LogP contribution in [0.4, 0.5) is 11.1 Å². The van der Waals surface area contributed by atoms with Crippen molar-refractivity contribution in [2.75, 3.05) is 43.4 Å². The highest BCUT2D eigenvalue weighted by molar-refractivity contribution is 7.13. The van der Waals surface area contributed by atoms with E-state index >= 15 is 0 Å². The zero-order valence-electron chi connectivity index (χ0n) is 17.7. The van der Waals surface area contributed by atoms with Gasteiger partial charge in [0.05, 0.1) is 5.69 Å². The molecule has 11 heteroatoms. The first-order valence-corrected chi connectivity index (χ1v) is 10.9. The Labute approximate surface area is 184 Å². The number of anilines is 2. The third-order valence-electron chi connectivity index (χ3n) is 4.79. The molecule has 0 radical (unpaired) electrons. The van der Waals surface area contributed by atoms with Crippen LogP contribution < -0.4 is 15.0 Å². The molecular formula is C20H24N8O2S. The van der Waals surface area contributed by atoms with Gasteiger partial charge in [0.15, 0.2) is 5.13 Å². The van der Waals surface area contributed by atoms with Gasteiger partial charge in [0.2, 0.25) is 11.8 Å². The minimum Gasteiger partial charge on any atom is -0.404 e. The zero-order valence-corrected chi connectivity index (χ0v) is 18.5. The first-order valence-electron chi connectivity index (χ1n) is 10.1. The van der Waals surface area contributed by atoms with Crippen molar-refractivity contribution in [2.45, 2.75) is 20.3 Å². The monoisotopic (exact) mass is 440 g/mol.